The molecule has 0 saturated carbocycles. The number of carbonyl (C=O) groups excluding carboxylic acids is 1. The zero-order valence-corrected chi connectivity index (χ0v) is 15.5. The zero-order valence-electron chi connectivity index (χ0n) is 15.5. The third-order valence-corrected chi connectivity index (χ3v) is 4.12. The zero-order chi connectivity index (χ0) is 19.4. The number of anilines is 2. The van der Waals surface area contributed by atoms with Gasteiger partial charge in [0.2, 0.25) is 0 Å². The molecule has 2 N–H and O–H groups in total. The number of hydrogen-bond acceptors (Lipinski definition) is 4. The Hall–Kier alpha value is -3.28. The molecule has 1 aromatic heterocycles. The number of nitrogens with one attached hydrogen (secondary N) is 2. The van der Waals surface area contributed by atoms with Crippen molar-refractivity contribution in [2.75, 3.05) is 5.32 Å². The summed E-state index contributed by atoms with van der Waals surface area (Å²) in [6.07, 6.45) is 0. The van der Waals surface area contributed by atoms with Gasteiger partial charge in [0.15, 0.2) is 0 Å². The first-order valence-electron chi connectivity index (χ1n) is 8.64. The summed E-state index contributed by atoms with van der Waals surface area (Å²) in [6, 6.07) is 14.0. The lowest BCUT2D eigenvalue weighted by atomic mass is 10.1. The van der Waals surface area contributed by atoms with E-state index in [1.54, 1.807) is 31.2 Å². The number of carbonyl (C=O) groups is 1. The molecule has 2 aromatic carbocycles. The topological polar surface area (TPSA) is 66.9 Å². The van der Waals surface area contributed by atoms with Crippen LogP contribution in [-0.2, 0) is 6.54 Å². The van der Waals surface area contributed by atoms with Gasteiger partial charge in [0.25, 0.3) is 5.91 Å². The van der Waals surface area contributed by atoms with E-state index in [9.17, 15) is 9.18 Å². The van der Waals surface area contributed by atoms with Crippen LogP contribution in [0.25, 0.3) is 0 Å². The molecule has 0 aliphatic heterocycles. The number of rotatable bonds is 5. The predicted octanol–water partition coefficient (Wildman–Crippen LogP) is 4.21. The van der Waals surface area contributed by atoms with E-state index in [1.165, 1.54) is 6.07 Å². The van der Waals surface area contributed by atoms with Crippen molar-refractivity contribution in [3.8, 4) is 0 Å². The molecule has 0 aliphatic rings. The van der Waals surface area contributed by atoms with Gasteiger partial charge in [0.05, 0.1) is 0 Å². The Labute approximate surface area is 157 Å². The Morgan fingerprint density at radius 2 is 1.81 bits per heavy atom. The molecule has 1 amide bonds. The number of halogens is 1. The van der Waals surface area contributed by atoms with Crippen molar-refractivity contribution in [3.63, 3.8) is 0 Å². The van der Waals surface area contributed by atoms with E-state index in [2.05, 4.69) is 20.6 Å². The van der Waals surface area contributed by atoms with Crippen molar-refractivity contribution in [3.05, 3.63) is 82.6 Å². The SMILES string of the molecule is Cc1ccc(C)c(Nc2cc(C(=O)NCc3ccccc3F)nc(C)n2)c1. The molecular weight excluding hydrogens is 343 g/mol. The highest BCUT2D eigenvalue weighted by atomic mass is 19.1. The van der Waals surface area contributed by atoms with Crippen LogP contribution in [0.5, 0.6) is 0 Å². The second-order valence-corrected chi connectivity index (χ2v) is 6.40. The summed E-state index contributed by atoms with van der Waals surface area (Å²) in [5.74, 6) is 0.273. The minimum Gasteiger partial charge on any atom is -0.347 e. The maximum atomic E-state index is 13.7. The third-order valence-electron chi connectivity index (χ3n) is 4.12. The molecule has 1 heterocycles. The summed E-state index contributed by atoms with van der Waals surface area (Å²) in [7, 11) is 0. The van der Waals surface area contributed by atoms with Crippen LogP contribution in [0, 0.1) is 26.6 Å². The lowest BCUT2D eigenvalue weighted by Gasteiger charge is -2.12. The average Bonchev–Trinajstić information content (AvgIpc) is 2.63. The van der Waals surface area contributed by atoms with E-state index >= 15 is 0 Å². The fourth-order valence-electron chi connectivity index (χ4n) is 2.66. The first kappa shape index (κ1) is 18.5. The number of nitrogens with zero attached hydrogens (tertiary/aromatic N) is 2. The first-order chi connectivity index (χ1) is 12.9. The molecule has 0 unspecified atom stereocenters. The standard InChI is InChI=1S/C21H21FN4O/c1-13-8-9-14(2)18(10-13)26-20-11-19(24-15(3)25-20)21(27)23-12-16-6-4-5-7-17(16)22/h4-11H,12H2,1-3H3,(H,23,27)(H,24,25,26). The monoisotopic (exact) mass is 364 g/mol. The Morgan fingerprint density at radius 3 is 2.59 bits per heavy atom. The van der Waals surface area contributed by atoms with E-state index < -0.39 is 0 Å². The van der Waals surface area contributed by atoms with Gasteiger partial charge in [-0.1, -0.05) is 30.3 Å². The Morgan fingerprint density at radius 1 is 1.04 bits per heavy atom. The third kappa shape index (κ3) is 4.67. The molecule has 138 valence electrons. The van der Waals surface area contributed by atoms with Crippen LogP contribution in [0.2, 0.25) is 0 Å². The maximum absolute atomic E-state index is 13.7. The molecule has 0 aliphatic carbocycles. The van der Waals surface area contributed by atoms with Gasteiger partial charge in [0, 0.05) is 23.9 Å². The summed E-state index contributed by atoms with van der Waals surface area (Å²) in [4.78, 5) is 21.0. The normalized spacial score (nSPS) is 10.5. The van der Waals surface area contributed by atoms with Crippen molar-refractivity contribution in [1.82, 2.24) is 15.3 Å². The number of aryl methyl sites for hydroxylation is 3. The number of aromatic nitrogens is 2. The molecule has 0 bridgehead atoms. The minimum absolute atomic E-state index is 0.0916. The predicted molar refractivity (Wildman–Crippen MR) is 104 cm³/mol. The van der Waals surface area contributed by atoms with Crippen LogP contribution in [0.4, 0.5) is 15.9 Å². The van der Waals surface area contributed by atoms with Gasteiger partial charge in [-0.15, -0.1) is 0 Å². The van der Waals surface area contributed by atoms with E-state index in [4.69, 9.17) is 0 Å². The minimum atomic E-state index is -0.382. The Balaban J connectivity index is 1.77. The van der Waals surface area contributed by atoms with Gasteiger partial charge in [-0.2, -0.15) is 0 Å². The molecule has 6 heteroatoms. The summed E-state index contributed by atoms with van der Waals surface area (Å²) in [5.41, 5.74) is 3.77. The molecule has 0 fully saturated rings. The quantitative estimate of drug-likeness (QED) is 0.711. The van der Waals surface area contributed by atoms with Gasteiger partial charge < -0.3 is 10.6 Å². The van der Waals surface area contributed by atoms with Crippen LogP contribution >= 0.6 is 0 Å². The fraction of sp³-hybridized carbons (Fsp3) is 0.190. The summed E-state index contributed by atoms with van der Waals surface area (Å²) >= 11 is 0. The second-order valence-electron chi connectivity index (χ2n) is 6.40. The summed E-state index contributed by atoms with van der Waals surface area (Å²) < 4.78 is 13.7. The van der Waals surface area contributed by atoms with Crippen LogP contribution in [-0.4, -0.2) is 15.9 Å². The highest BCUT2D eigenvalue weighted by molar-refractivity contribution is 5.93. The summed E-state index contributed by atoms with van der Waals surface area (Å²) in [5, 5.41) is 5.94. The van der Waals surface area contributed by atoms with E-state index in [0.29, 0.717) is 17.2 Å². The van der Waals surface area contributed by atoms with Gasteiger partial charge >= 0.3 is 0 Å². The molecule has 0 radical (unpaired) electrons. The molecule has 27 heavy (non-hydrogen) atoms. The van der Waals surface area contributed by atoms with Gasteiger partial charge in [-0.25, -0.2) is 14.4 Å². The lowest BCUT2D eigenvalue weighted by molar-refractivity contribution is 0.0945. The number of hydrogen-bond donors (Lipinski definition) is 2. The average molecular weight is 364 g/mol. The van der Waals surface area contributed by atoms with Crippen molar-refractivity contribution in [1.29, 1.82) is 0 Å². The largest absolute Gasteiger partial charge is 0.347 e. The van der Waals surface area contributed by atoms with Crippen LogP contribution in [0.1, 0.15) is 33.0 Å². The Bertz CT molecular complexity index is 988. The van der Waals surface area contributed by atoms with E-state index in [-0.39, 0.29) is 24.0 Å². The molecule has 0 saturated heterocycles. The van der Waals surface area contributed by atoms with Crippen molar-refractivity contribution in [2.45, 2.75) is 27.3 Å². The van der Waals surface area contributed by atoms with Crippen molar-refractivity contribution in [2.24, 2.45) is 0 Å². The second kappa shape index (κ2) is 7.95. The summed E-state index contributed by atoms with van der Waals surface area (Å²) in [6.45, 7) is 5.82. The Kier molecular flexibility index (Phi) is 5.45. The van der Waals surface area contributed by atoms with Crippen LogP contribution < -0.4 is 10.6 Å². The number of amides is 1. The van der Waals surface area contributed by atoms with Crippen LogP contribution in [0.15, 0.2) is 48.5 Å². The molecule has 0 spiro atoms. The van der Waals surface area contributed by atoms with Gasteiger partial charge in [-0.05, 0) is 44.0 Å². The molecule has 3 rings (SSSR count). The lowest BCUT2D eigenvalue weighted by Crippen LogP contribution is -2.25. The highest BCUT2D eigenvalue weighted by Gasteiger charge is 2.12. The van der Waals surface area contributed by atoms with Crippen molar-refractivity contribution < 1.29 is 9.18 Å². The highest BCUT2D eigenvalue weighted by Crippen LogP contribution is 2.21. The van der Waals surface area contributed by atoms with E-state index in [1.807, 2.05) is 32.0 Å². The van der Waals surface area contributed by atoms with E-state index in [0.717, 1.165) is 16.8 Å². The fourth-order valence-corrected chi connectivity index (χ4v) is 2.66. The smallest absolute Gasteiger partial charge is 0.270 e. The molecule has 3 aromatic rings. The van der Waals surface area contributed by atoms with Gasteiger partial charge in [-0.3, -0.25) is 4.79 Å². The maximum Gasteiger partial charge on any atom is 0.270 e. The first-order valence-corrected chi connectivity index (χ1v) is 8.64. The van der Waals surface area contributed by atoms with Gasteiger partial charge in [0.1, 0.15) is 23.2 Å². The van der Waals surface area contributed by atoms with Crippen molar-refractivity contribution >= 4 is 17.4 Å². The molecule has 5 nitrogen and oxygen atoms in total. The number of benzene rings is 2. The molecular formula is C21H21FN4O. The molecule has 0 atom stereocenters. The van der Waals surface area contributed by atoms with Crippen LogP contribution in [0.3, 0.4) is 0 Å².